The summed E-state index contributed by atoms with van der Waals surface area (Å²) in [5.41, 5.74) is -0.737. The second kappa shape index (κ2) is 5.67. The third kappa shape index (κ3) is 4.89. The highest BCUT2D eigenvalue weighted by Gasteiger charge is 2.22. The molecule has 0 spiro atoms. The number of aryl methyl sites for hydroxylation is 1. The fraction of sp³-hybridized carbons (Fsp3) is 0.692. The summed E-state index contributed by atoms with van der Waals surface area (Å²) in [4.78, 5) is 1.98. The smallest absolute Gasteiger partial charge is 0.120 e. The normalized spacial score (nSPS) is 17.1. The van der Waals surface area contributed by atoms with E-state index in [-0.39, 0.29) is 6.04 Å². The van der Waals surface area contributed by atoms with Crippen LogP contribution in [0.15, 0.2) is 16.5 Å². The number of hydrogen-bond acceptors (Lipinski definition) is 4. The maximum Gasteiger partial charge on any atom is 0.120 e. The molecule has 0 amide bonds. The van der Waals surface area contributed by atoms with Crippen molar-refractivity contribution in [2.75, 3.05) is 27.2 Å². The molecule has 1 rings (SSSR count). The van der Waals surface area contributed by atoms with E-state index in [1.165, 1.54) is 0 Å². The first-order valence-electron chi connectivity index (χ1n) is 5.97. The number of aliphatic hydroxyl groups is 1. The molecule has 4 heteroatoms. The van der Waals surface area contributed by atoms with Crippen molar-refractivity contribution in [2.24, 2.45) is 0 Å². The quantitative estimate of drug-likeness (QED) is 0.792. The van der Waals surface area contributed by atoms with Crippen molar-refractivity contribution < 1.29 is 9.52 Å². The first-order chi connectivity index (χ1) is 7.80. The van der Waals surface area contributed by atoms with Gasteiger partial charge in [-0.3, -0.25) is 0 Å². The summed E-state index contributed by atoms with van der Waals surface area (Å²) in [6.45, 7) is 6.96. The van der Waals surface area contributed by atoms with Crippen LogP contribution in [0.4, 0.5) is 0 Å². The van der Waals surface area contributed by atoms with Gasteiger partial charge in [0.05, 0.1) is 11.6 Å². The minimum Gasteiger partial charge on any atom is -0.465 e. The highest BCUT2D eigenvalue weighted by atomic mass is 16.3. The van der Waals surface area contributed by atoms with E-state index in [2.05, 4.69) is 5.32 Å². The van der Waals surface area contributed by atoms with E-state index in [0.717, 1.165) is 11.5 Å². The van der Waals surface area contributed by atoms with Gasteiger partial charge in [-0.1, -0.05) is 0 Å². The van der Waals surface area contributed by atoms with E-state index >= 15 is 0 Å². The molecule has 0 saturated carbocycles. The molecule has 0 aliphatic rings. The lowest BCUT2D eigenvalue weighted by atomic mass is 10.1. The summed E-state index contributed by atoms with van der Waals surface area (Å²) in [6, 6.07) is 4.02. The van der Waals surface area contributed by atoms with Gasteiger partial charge in [-0.15, -0.1) is 0 Å². The first kappa shape index (κ1) is 14.2. The molecule has 1 heterocycles. The highest BCUT2D eigenvalue weighted by Crippen LogP contribution is 2.16. The topological polar surface area (TPSA) is 48.6 Å². The first-order valence-corrected chi connectivity index (χ1v) is 5.97. The molecule has 1 aromatic rings. The van der Waals surface area contributed by atoms with Crippen LogP contribution in [0.25, 0.3) is 0 Å². The summed E-state index contributed by atoms with van der Waals surface area (Å²) in [5.74, 6) is 1.82. The molecule has 0 saturated heterocycles. The molecule has 98 valence electrons. The van der Waals surface area contributed by atoms with E-state index in [4.69, 9.17) is 4.42 Å². The second-order valence-corrected chi connectivity index (χ2v) is 5.29. The monoisotopic (exact) mass is 240 g/mol. The van der Waals surface area contributed by atoms with E-state index in [1.54, 1.807) is 0 Å². The predicted molar refractivity (Wildman–Crippen MR) is 69.0 cm³/mol. The molecule has 0 bridgehead atoms. The van der Waals surface area contributed by atoms with Gasteiger partial charge < -0.3 is 19.7 Å². The number of likely N-dealkylation sites (N-methyl/N-ethyl adjacent to an activating group) is 1. The molecule has 2 atom stereocenters. The van der Waals surface area contributed by atoms with Gasteiger partial charge in [0.2, 0.25) is 0 Å². The summed E-state index contributed by atoms with van der Waals surface area (Å²) >= 11 is 0. The van der Waals surface area contributed by atoms with Crippen LogP contribution in [0.2, 0.25) is 0 Å². The summed E-state index contributed by atoms with van der Waals surface area (Å²) in [5, 5.41) is 13.4. The molecule has 17 heavy (non-hydrogen) atoms. The number of hydrogen-bond donors (Lipinski definition) is 2. The Morgan fingerprint density at radius 1 is 1.47 bits per heavy atom. The van der Waals surface area contributed by atoms with Gasteiger partial charge >= 0.3 is 0 Å². The average Bonchev–Trinajstić information content (AvgIpc) is 2.59. The molecule has 0 fully saturated rings. The Hall–Kier alpha value is -0.840. The van der Waals surface area contributed by atoms with Gasteiger partial charge in [0.15, 0.2) is 0 Å². The standard InChI is InChI=1S/C13H24N2O2/c1-10-6-7-12(17-10)11(2)14-8-13(3,16)9-15(4)5/h6-7,11,14,16H,8-9H2,1-5H3. The van der Waals surface area contributed by atoms with E-state index in [0.29, 0.717) is 13.1 Å². The van der Waals surface area contributed by atoms with Crippen LogP contribution < -0.4 is 5.32 Å². The Balaban J connectivity index is 2.45. The zero-order valence-corrected chi connectivity index (χ0v) is 11.4. The van der Waals surface area contributed by atoms with E-state index in [1.807, 2.05) is 51.9 Å². The fourth-order valence-corrected chi connectivity index (χ4v) is 1.90. The number of nitrogens with zero attached hydrogens (tertiary/aromatic N) is 1. The van der Waals surface area contributed by atoms with Crippen LogP contribution in [0.3, 0.4) is 0 Å². The van der Waals surface area contributed by atoms with Crippen LogP contribution in [-0.2, 0) is 0 Å². The highest BCUT2D eigenvalue weighted by molar-refractivity contribution is 5.09. The molecular formula is C13H24N2O2. The van der Waals surface area contributed by atoms with Crippen LogP contribution >= 0.6 is 0 Å². The lowest BCUT2D eigenvalue weighted by molar-refractivity contribution is 0.0312. The zero-order chi connectivity index (χ0) is 13.1. The van der Waals surface area contributed by atoms with Crippen molar-refractivity contribution in [2.45, 2.75) is 32.4 Å². The van der Waals surface area contributed by atoms with Crippen LogP contribution in [-0.4, -0.2) is 42.8 Å². The molecule has 0 radical (unpaired) electrons. The van der Waals surface area contributed by atoms with Gasteiger partial charge in [-0.2, -0.15) is 0 Å². The minimum atomic E-state index is -0.737. The molecule has 0 aliphatic carbocycles. The Morgan fingerprint density at radius 2 is 2.12 bits per heavy atom. The average molecular weight is 240 g/mol. The molecule has 1 aromatic heterocycles. The van der Waals surface area contributed by atoms with Crippen LogP contribution in [0.1, 0.15) is 31.4 Å². The third-order valence-corrected chi connectivity index (χ3v) is 2.63. The maximum atomic E-state index is 10.2. The second-order valence-electron chi connectivity index (χ2n) is 5.29. The van der Waals surface area contributed by atoms with Crippen LogP contribution in [0, 0.1) is 6.92 Å². The van der Waals surface area contributed by atoms with Crippen molar-refractivity contribution in [3.63, 3.8) is 0 Å². The lowest BCUT2D eigenvalue weighted by Gasteiger charge is -2.28. The summed E-state index contributed by atoms with van der Waals surface area (Å²) in [7, 11) is 3.90. The summed E-state index contributed by atoms with van der Waals surface area (Å²) < 4.78 is 5.54. The number of nitrogens with one attached hydrogen (secondary N) is 1. The number of furan rings is 1. The predicted octanol–water partition coefficient (Wildman–Crippen LogP) is 1.55. The lowest BCUT2D eigenvalue weighted by Crippen LogP contribution is -2.46. The largest absolute Gasteiger partial charge is 0.465 e. The fourth-order valence-electron chi connectivity index (χ4n) is 1.90. The van der Waals surface area contributed by atoms with Gasteiger partial charge in [-0.25, -0.2) is 0 Å². The Morgan fingerprint density at radius 3 is 2.59 bits per heavy atom. The Kier molecular flexibility index (Phi) is 4.74. The van der Waals surface area contributed by atoms with E-state index < -0.39 is 5.60 Å². The SMILES string of the molecule is Cc1ccc(C(C)NCC(C)(O)CN(C)C)o1. The van der Waals surface area contributed by atoms with E-state index in [9.17, 15) is 5.11 Å². The summed E-state index contributed by atoms with van der Waals surface area (Å²) in [6.07, 6.45) is 0. The third-order valence-electron chi connectivity index (χ3n) is 2.63. The zero-order valence-electron chi connectivity index (χ0n) is 11.4. The maximum absolute atomic E-state index is 10.2. The molecule has 4 nitrogen and oxygen atoms in total. The minimum absolute atomic E-state index is 0.109. The van der Waals surface area contributed by atoms with Gasteiger partial charge in [-0.05, 0) is 47.0 Å². The van der Waals surface area contributed by atoms with Gasteiger partial charge in [0.1, 0.15) is 11.5 Å². The molecular weight excluding hydrogens is 216 g/mol. The van der Waals surface area contributed by atoms with Crippen molar-refractivity contribution >= 4 is 0 Å². The van der Waals surface area contributed by atoms with Crippen molar-refractivity contribution in [3.8, 4) is 0 Å². The Bertz CT molecular complexity index is 345. The Labute approximate surface area is 104 Å². The van der Waals surface area contributed by atoms with Gasteiger partial charge in [0, 0.05) is 13.1 Å². The van der Waals surface area contributed by atoms with Crippen molar-refractivity contribution in [1.29, 1.82) is 0 Å². The van der Waals surface area contributed by atoms with Crippen molar-refractivity contribution in [3.05, 3.63) is 23.7 Å². The van der Waals surface area contributed by atoms with Crippen LogP contribution in [0.5, 0.6) is 0 Å². The number of rotatable bonds is 6. The van der Waals surface area contributed by atoms with Gasteiger partial charge in [0.25, 0.3) is 0 Å². The molecule has 2 unspecified atom stereocenters. The van der Waals surface area contributed by atoms with Crippen molar-refractivity contribution in [1.82, 2.24) is 10.2 Å². The molecule has 0 aromatic carbocycles. The molecule has 2 N–H and O–H groups in total. The molecule has 0 aliphatic heterocycles.